The van der Waals surface area contributed by atoms with E-state index in [1.54, 1.807) is 0 Å². The second-order valence-corrected chi connectivity index (χ2v) is 2.40. The van der Waals surface area contributed by atoms with Crippen LogP contribution >= 0.6 is 0 Å². The van der Waals surface area contributed by atoms with Crippen molar-refractivity contribution in [2.75, 3.05) is 6.79 Å². The quantitative estimate of drug-likeness (QED) is 0.555. The van der Waals surface area contributed by atoms with Crippen LogP contribution in [0.15, 0.2) is 0 Å². The molecule has 0 bridgehead atoms. The van der Waals surface area contributed by atoms with Gasteiger partial charge in [0.15, 0.2) is 0 Å². The lowest BCUT2D eigenvalue weighted by molar-refractivity contribution is -0.177. The first-order chi connectivity index (χ1) is 5.95. The molecule has 0 aliphatic heterocycles. The number of carbonyl (C=O) groups is 2. The third-order valence-corrected chi connectivity index (χ3v) is 1.08. The molecular formula is C10H24O6. The van der Waals surface area contributed by atoms with Gasteiger partial charge in [0, 0.05) is 0 Å². The molecule has 6 nitrogen and oxygen atoms in total. The average Bonchev–Trinajstić information content (AvgIpc) is 2.03. The van der Waals surface area contributed by atoms with Gasteiger partial charge in [-0.15, -0.1) is 0 Å². The van der Waals surface area contributed by atoms with E-state index in [1.807, 2.05) is 0 Å². The van der Waals surface area contributed by atoms with Gasteiger partial charge in [-0.05, 0) is 13.8 Å². The number of aliphatic hydroxyl groups is 2. The zero-order chi connectivity index (χ0) is 10.4. The van der Waals surface area contributed by atoms with E-state index in [0.717, 1.165) is 0 Å². The average molecular weight is 240 g/mol. The van der Waals surface area contributed by atoms with Gasteiger partial charge in [0.1, 0.15) is 12.2 Å². The zero-order valence-corrected chi connectivity index (χ0v) is 7.39. The molecule has 0 aromatic rings. The molecule has 0 aliphatic carbocycles. The van der Waals surface area contributed by atoms with Crippen molar-refractivity contribution < 1.29 is 29.3 Å². The molecule has 16 heavy (non-hydrogen) atoms. The van der Waals surface area contributed by atoms with Crippen molar-refractivity contribution in [2.24, 2.45) is 0 Å². The molecule has 2 unspecified atom stereocenters. The number of aliphatic hydroxyl groups excluding tert-OH is 2. The third-order valence-electron chi connectivity index (χ3n) is 1.08. The summed E-state index contributed by atoms with van der Waals surface area (Å²) in [4.78, 5) is 21.1. The Bertz CT molecular complexity index is 168. The summed E-state index contributed by atoms with van der Waals surface area (Å²) in [5.41, 5.74) is 0. The summed E-state index contributed by atoms with van der Waals surface area (Å²) < 4.78 is 8.56. The van der Waals surface area contributed by atoms with Crippen molar-refractivity contribution in [3.63, 3.8) is 0 Å². The Morgan fingerprint density at radius 3 is 1.38 bits per heavy atom. The number of ether oxygens (including phenoxy) is 2. The fourth-order valence-electron chi connectivity index (χ4n) is 0.387. The molecule has 0 rings (SSSR count). The highest BCUT2D eigenvalue weighted by Crippen LogP contribution is 1.90. The number of hydrogen-bond donors (Lipinski definition) is 2. The molecule has 0 amide bonds. The Balaban J connectivity index is -0.000000240. The third kappa shape index (κ3) is 10.9. The molecule has 0 saturated carbocycles. The highest BCUT2D eigenvalue weighted by atomic mass is 16.7. The summed E-state index contributed by atoms with van der Waals surface area (Å²) in [6.45, 7) is 1.84. The fourth-order valence-corrected chi connectivity index (χ4v) is 0.387. The minimum absolute atomic E-state index is 0. The van der Waals surface area contributed by atoms with E-state index in [0.29, 0.717) is 0 Å². The predicted molar refractivity (Wildman–Crippen MR) is 60.6 cm³/mol. The van der Waals surface area contributed by atoms with Crippen LogP contribution in [0.2, 0.25) is 0 Å². The van der Waals surface area contributed by atoms with E-state index in [-0.39, 0.29) is 22.3 Å². The molecule has 0 aromatic carbocycles. The molecule has 2 N–H and O–H groups in total. The normalized spacial score (nSPS) is 11.8. The van der Waals surface area contributed by atoms with Crippen molar-refractivity contribution in [3.05, 3.63) is 0 Å². The smallest absolute Gasteiger partial charge is 0.337 e. The van der Waals surface area contributed by atoms with Gasteiger partial charge in [-0.1, -0.05) is 22.3 Å². The molecule has 0 radical (unpaired) electrons. The maximum atomic E-state index is 10.6. The topological polar surface area (TPSA) is 93.1 Å². The molecule has 100 valence electrons. The summed E-state index contributed by atoms with van der Waals surface area (Å²) in [5.74, 6) is -1.78. The first-order valence-electron chi connectivity index (χ1n) is 3.64. The second-order valence-electron chi connectivity index (χ2n) is 2.40. The Morgan fingerprint density at radius 2 is 1.19 bits per heavy atom. The highest BCUT2D eigenvalue weighted by molar-refractivity contribution is 5.75. The molecule has 0 aliphatic rings. The second kappa shape index (κ2) is 11.9. The van der Waals surface area contributed by atoms with Gasteiger partial charge in [-0.3, -0.25) is 0 Å². The number of rotatable bonds is 4. The Hall–Kier alpha value is -1.14. The van der Waals surface area contributed by atoms with Gasteiger partial charge in [-0.2, -0.15) is 0 Å². The molecule has 0 saturated heterocycles. The van der Waals surface area contributed by atoms with Crippen molar-refractivity contribution in [1.29, 1.82) is 0 Å². The van der Waals surface area contributed by atoms with Crippen LogP contribution in [-0.2, 0) is 19.1 Å². The minimum Gasteiger partial charge on any atom is -0.426 e. The monoisotopic (exact) mass is 240 g/mol. The molecule has 0 heterocycles. The SMILES string of the molecule is C.C.C.CC(O)C(=O)OCOC(=O)C(C)O. The van der Waals surface area contributed by atoms with Crippen molar-refractivity contribution in [1.82, 2.24) is 0 Å². The van der Waals surface area contributed by atoms with Crippen LogP contribution in [0.3, 0.4) is 0 Å². The van der Waals surface area contributed by atoms with Crippen molar-refractivity contribution in [2.45, 2.75) is 48.3 Å². The fraction of sp³-hybridized carbons (Fsp3) is 0.800. The Kier molecular flexibility index (Phi) is 18.1. The van der Waals surface area contributed by atoms with E-state index in [9.17, 15) is 9.59 Å². The number of esters is 2. The molecule has 6 heteroatoms. The molecule has 2 atom stereocenters. The highest BCUT2D eigenvalue weighted by Gasteiger charge is 2.13. The largest absolute Gasteiger partial charge is 0.426 e. The summed E-state index contributed by atoms with van der Waals surface area (Å²) >= 11 is 0. The van der Waals surface area contributed by atoms with Gasteiger partial charge in [0.05, 0.1) is 0 Å². The lowest BCUT2D eigenvalue weighted by Gasteiger charge is -2.08. The van der Waals surface area contributed by atoms with Crippen LogP contribution in [0.25, 0.3) is 0 Å². The van der Waals surface area contributed by atoms with E-state index in [2.05, 4.69) is 9.47 Å². The molecule has 0 spiro atoms. The first kappa shape index (κ1) is 24.2. The van der Waals surface area contributed by atoms with Crippen LogP contribution in [0.4, 0.5) is 0 Å². The van der Waals surface area contributed by atoms with Crippen molar-refractivity contribution in [3.8, 4) is 0 Å². The Labute approximate surface area is 97.2 Å². The van der Waals surface area contributed by atoms with Gasteiger partial charge in [0.25, 0.3) is 0 Å². The standard InChI is InChI=1S/C7H12O6.3CH4/c1-4(8)6(10)12-3-13-7(11)5(2)9;;;/h4-5,8-9H,3H2,1-2H3;3*1H4. The zero-order valence-electron chi connectivity index (χ0n) is 7.39. The van der Waals surface area contributed by atoms with Crippen LogP contribution in [0.1, 0.15) is 36.1 Å². The van der Waals surface area contributed by atoms with Gasteiger partial charge in [0.2, 0.25) is 6.79 Å². The minimum atomic E-state index is -1.26. The van der Waals surface area contributed by atoms with E-state index in [1.165, 1.54) is 13.8 Å². The lowest BCUT2D eigenvalue weighted by Crippen LogP contribution is -2.25. The Morgan fingerprint density at radius 1 is 0.938 bits per heavy atom. The molecule has 0 aromatic heterocycles. The predicted octanol–water partition coefficient (Wildman–Crippen LogP) is 0.700. The number of carbonyl (C=O) groups excluding carboxylic acids is 2. The molecular weight excluding hydrogens is 216 g/mol. The van der Waals surface area contributed by atoms with E-state index < -0.39 is 30.9 Å². The van der Waals surface area contributed by atoms with Gasteiger partial charge < -0.3 is 19.7 Å². The maximum absolute atomic E-state index is 10.6. The van der Waals surface area contributed by atoms with Crippen LogP contribution in [-0.4, -0.2) is 41.2 Å². The maximum Gasteiger partial charge on any atom is 0.337 e. The van der Waals surface area contributed by atoms with Crippen LogP contribution in [0.5, 0.6) is 0 Å². The summed E-state index contributed by atoms with van der Waals surface area (Å²) in [6.07, 6.45) is -2.52. The number of hydrogen-bond acceptors (Lipinski definition) is 6. The lowest BCUT2D eigenvalue weighted by atomic mass is 10.4. The van der Waals surface area contributed by atoms with Crippen LogP contribution < -0.4 is 0 Å². The van der Waals surface area contributed by atoms with Gasteiger partial charge in [-0.25, -0.2) is 9.59 Å². The van der Waals surface area contributed by atoms with Crippen LogP contribution in [0, 0.1) is 0 Å². The van der Waals surface area contributed by atoms with E-state index >= 15 is 0 Å². The first-order valence-corrected chi connectivity index (χ1v) is 3.64. The summed E-state index contributed by atoms with van der Waals surface area (Å²) in [7, 11) is 0. The summed E-state index contributed by atoms with van der Waals surface area (Å²) in [5, 5.41) is 17.3. The summed E-state index contributed by atoms with van der Waals surface area (Å²) in [6, 6.07) is 0. The van der Waals surface area contributed by atoms with Crippen molar-refractivity contribution >= 4 is 11.9 Å². The molecule has 0 fully saturated rings. The van der Waals surface area contributed by atoms with E-state index in [4.69, 9.17) is 10.2 Å². The van der Waals surface area contributed by atoms with Gasteiger partial charge >= 0.3 is 11.9 Å².